The third-order valence-corrected chi connectivity index (χ3v) is 3.54. The van der Waals surface area contributed by atoms with Gasteiger partial charge in [0, 0.05) is 21.7 Å². The lowest BCUT2D eigenvalue weighted by atomic mass is 9.99. The molecule has 0 bridgehead atoms. The molecule has 0 heterocycles. The molecule has 2 aromatic carbocycles. The molecular formula is C14H10BrF3O. The first kappa shape index (κ1) is 14.1. The Kier molecular flexibility index (Phi) is 3.96. The van der Waals surface area contributed by atoms with E-state index >= 15 is 0 Å². The van der Waals surface area contributed by atoms with Crippen LogP contribution in [0.3, 0.4) is 0 Å². The van der Waals surface area contributed by atoms with Crippen molar-refractivity contribution in [2.75, 3.05) is 0 Å². The van der Waals surface area contributed by atoms with Gasteiger partial charge in [-0.3, -0.25) is 0 Å². The molecule has 0 amide bonds. The Balaban J connectivity index is 2.56. The zero-order valence-electron chi connectivity index (χ0n) is 9.92. The third kappa shape index (κ3) is 2.67. The minimum absolute atomic E-state index is 0.0765. The fourth-order valence-electron chi connectivity index (χ4n) is 1.82. The van der Waals surface area contributed by atoms with Crippen LogP contribution in [-0.2, 0) is 0 Å². The molecule has 1 atom stereocenters. The van der Waals surface area contributed by atoms with Crippen molar-refractivity contribution in [1.29, 1.82) is 0 Å². The molecule has 0 fully saturated rings. The largest absolute Gasteiger partial charge is 0.383 e. The number of aryl methyl sites for hydroxylation is 1. The summed E-state index contributed by atoms with van der Waals surface area (Å²) in [4.78, 5) is 0. The summed E-state index contributed by atoms with van der Waals surface area (Å²) in [5.74, 6) is -2.28. The monoisotopic (exact) mass is 330 g/mol. The molecule has 0 saturated heterocycles. The molecule has 0 aliphatic heterocycles. The minimum atomic E-state index is -1.50. The predicted molar refractivity (Wildman–Crippen MR) is 69.3 cm³/mol. The number of hydrogen-bond acceptors (Lipinski definition) is 1. The number of rotatable bonds is 2. The molecule has 0 aliphatic rings. The van der Waals surface area contributed by atoms with Gasteiger partial charge in [0.15, 0.2) is 0 Å². The van der Waals surface area contributed by atoms with E-state index in [0.29, 0.717) is 10.5 Å². The number of hydrogen-bond donors (Lipinski definition) is 1. The van der Waals surface area contributed by atoms with Crippen molar-refractivity contribution in [1.82, 2.24) is 0 Å². The van der Waals surface area contributed by atoms with Gasteiger partial charge in [0.25, 0.3) is 0 Å². The van der Waals surface area contributed by atoms with Crippen LogP contribution in [0.1, 0.15) is 22.8 Å². The average molecular weight is 331 g/mol. The van der Waals surface area contributed by atoms with Gasteiger partial charge >= 0.3 is 0 Å². The van der Waals surface area contributed by atoms with E-state index in [4.69, 9.17) is 0 Å². The van der Waals surface area contributed by atoms with Crippen LogP contribution in [0.15, 0.2) is 34.8 Å². The van der Waals surface area contributed by atoms with Crippen molar-refractivity contribution < 1.29 is 18.3 Å². The van der Waals surface area contributed by atoms with Gasteiger partial charge in [-0.25, -0.2) is 13.2 Å². The van der Waals surface area contributed by atoms with Gasteiger partial charge in [0.2, 0.25) is 0 Å². The Bertz CT molecular complexity index is 608. The first-order chi connectivity index (χ1) is 8.91. The van der Waals surface area contributed by atoms with Crippen molar-refractivity contribution in [3.63, 3.8) is 0 Å². The third-order valence-electron chi connectivity index (χ3n) is 2.85. The van der Waals surface area contributed by atoms with Gasteiger partial charge in [-0.2, -0.15) is 0 Å². The maximum Gasteiger partial charge on any atom is 0.132 e. The van der Waals surface area contributed by atoms with E-state index in [-0.39, 0.29) is 16.7 Å². The Hall–Kier alpha value is -1.33. The Morgan fingerprint density at radius 2 is 1.74 bits per heavy atom. The standard InChI is InChI=1S/C14H10BrF3O/c1-7-5-8(12(18)6-11(7)17)14(19)13-9(15)3-2-4-10(13)16/h2-6,14,19H,1H3. The predicted octanol–water partition coefficient (Wildman–Crippen LogP) is 4.26. The Morgan fingerprint density at radius 1 is 1.05 bits per heavy atom. The van der Waals surface area contributed by atoms with Gasteiger partial charge in [-0.1, -0.05) is 22.0 Å². The van der Waals surface area contributed by atoms with E-state index in [9.17, 15) is 18.3 Å². The highest BCUT2D eigenvalue weighted by molar-refractivity contribution is 9.10. The fourth-order valence-corrected chi connectivity index (χ4v) is 2.38. The molecule has 5 heteroatoms. The summed E-state index contributed by atoms with van der Waals surface area (Å²) < 4.78 is 40.9. The summed E-state index contributed by atoms with van der Waals surface area (Å²) in [7, 11) is 0. The molecule has 100 valence electrons. The first-order valence-electron chi connectivity index (χ1n) is 5.49. The maximum atomic E-state index is 13.7. The molecular weight excluding hydrogens is 321 g/mol. The number of benzene rings is 2. The quantitative estimate of drug-likeness (QED) is 0.872. The average Bonchev–Trinajstić information content (AvgIpc) is 2.33. The maximum absolute atomic E-state index is 13.7. The highest BCUT2D eigenvalue weighted by Gasteiger charge is 2.22. The smallest absolute Gasteiger partial charge is 0.132 e. The number of aliphatic hydroxyl groups is 1. The van der Waals surface area contributed by atoms with Crippen LogP contribution in [0, 0.1) is 24.4 Å². The van der Waals surface area contributed by atoms with E-state index in [1.54, 1.807) is 0 Å². The van der Waals surface area contributed by atoms with Crippen LogP contribution in [-0.4, -0.2) is 5.11 Å². The molecule has 2 rings (SSSR count). The van der Waals surface area contributed by atoms with Gasteiger partial charge < -0.3 is 5.11 Å². The molecule has 1 nitrogen and oxygen atoms in total. The van der Waals surface area contributed by atoms with Gasteiger partial charge in [-0.15, -0.1) is 0 Å². The van der Waals surface area contributed by atoms with Crippen molar-refractivity contribution in [3.8, 4) is 0 Å². The molecule has 0 aliphatic carbocycles. The molecule has 1 unspecified atom stereocenters. The van der Waals surface area contributed by atoms with Crippen LogP contribution < -0.4 is 0 Å². The van der Waals surface area contributed by atoms with Crippen LogP contribution >= 0.6 is 15.9 Å². The summed E-state index contributed by atoms with van der Waals surface area (Å²) in [6.45, 7) is 1.45. The highest BCUT2D eigenvalue weighted by atomic mass is 79.9. The van der Waals surface area contributed by atoms with Crippen molar-refractivity contribution in [2.45, 2.75) is 13.0 Å². The zero-order chi connectivity index (χ0) is 14.2. The van der Waals surface area contributed by atoms with E-state index in [2.05, 4.69) is 15.9 Å². The molecule has 0 aromatic heterocycles. The summed E-state index contributed by atoms with van der Waals surface area (Å²) in [5.41, 5.74) is -0.0555. The van der Waals surface area contributed by atoms with E-state index in [0.717, 1.165) is 6.07 Å². The van der Waals surface area contributed by atoms with Crippen LogP contribution in [0.2, 0.25) is 0 Å². The van der Waals surface area contributed by atoms with E-state index < -0.39 is 23.6 Å². The minimum Gasteiger partial charge on any atom is -0.383 e. The Morgan fingerprint density at radius 3 is 2.37 bits per heavy atom. The first-order valence-corrected chi connectivity index (χ1v) is 6.28. The lowest BCUT2D eigenvalue weighted by Crippen LogP contribution is -2.07. The van der Waals surface area contributed by atoms with Crippen LogP contribution in [0.5, 0.6) is 0 Å². The molecule has 1 N–H and O–H groups in total. The second-order valence-corrected chi connectivity index (χ2v) is 5.02. The summed E-state index contributed by atoms with van der Waals surface area (Å²) in [6.07, 6.45) is -1.50. The molecule has 0 saturated carbocycles. The normalized spacial score (nSPS) is 12.5. The number of halogens is 4. The molecule has 2 aromatic rings. The van der Waals surface area contributed by atoms with E-state index in [1.807, 2.05) is 0 Å². The van der Waals surface area contributed by atoms with Crippen molar-refractivity contribution >= 4 is 15.9 Å². The fraction of sp³-hybridized carbons (Fsp3) is 0.143. The summed E-state index contributed by atoms with van der Waals surface area (Å²) in [6, 6.07) is 6.02. The van der Waals surface area contributed by atoms with E-state index in [1.165, 1.54) is 25.1 Å². The molecule has 0 radical (unpaired) electrons. The van der Waals surface area contributed by atoms with Gasteiger partial charge in [0.05, 0.1) is 0 Å². The molecule has 19 heavy (non-hydrogen) atoms. The van der Waals surface area contributed by atoms with Crippen LogP contribution in [0.25, 0.3) is 0 Å². The lowest BCUT2D eigenvalue weighted by Gasteiger charge is -2.16. The second-order valence-electron chi connectivity index (χ2n) is 4.16. The molecule has 0 spiro atoms. The topological polar surface area (TPSA) is 20.2 Å². The van der Waals surface area contributed by atoms with Crippen molar-refractivity contribution in [2.24, 2.45) is 0 Å². The van der Waals surface area contributed by atoms with Crippen molar-refractivity contribution in [3.05, 3.63) is 68.9 Å². The lowest BCUT2D eigenvalue weighted by molar-refractivity contribution is 0.208. The summed E-state index contributed by atoms with van der Waals surface area (Å²) >= 11 is 3.11. The second kappa shape index (κ2) is 5.35. The highest BCUT2D eigenvalue weighted by Crippen LogP contribution is 2.32. The Labute approximate surface area is 116 Å². The van der Waals surface area contributed by atoms with Crippen LogP contribution in [0.4, 0.5) is 13.2 Å². The van der Waals surface area contributed by atoms with Gasteiger partial charge in [0.1, 0.15) is 23.6 Å². The SMILES string of the molecule is Cc1cc(C(O)c2c(F)cccc2Br)c(F)cc1F. The summed E-state index contributed by atoms with van der Waals surface area (Å²) in [5, 5.41) is 10.1. The zero-order valence-corrected chi connectivity index (χ0v) is 11.5. The number of aliphatic hydroxyl groups excluding tert-OH is 1. The van der Waals surface area contributed by atoms with Gasteiger partial charge in [-0.05, 0) is 30.7 Å².